The molecule has 0 radical (unpaired) electrons. The molecule has 1 unspecified atom stereocenters. The fraction of sp³-hybridized carbons (Fsp3) is 0.333. The highest BCUT2D eigenvalue weighted by Gasteiger charge is 2.17. The first-order chi connectivity index (χ1) is 8.72. The lowest BCUT2D eigenvalue weighted by molar-refractivity contribution is 0.503. The highest BCUT2D eigenvalue weighted by Crippen LogP contribution is 2.25. The minimum absolute atomic E-state index is 0.194. The summed E-state index contributed by atoms with van der Waals surface area (Å²) in [6.07, 6.45) is 2.59. The van der Waals surface area contributed by atoms with E-state index in [9.17, 15) is 8.78 Å². The van der Waals surface area contributed by atoms with Crippen molar-refractivity contribution >= 4 is 11.5 Å². The average molecular weight is 269 g/mol. The van der Waals surface area contributed by atoms with E-state index in [1.54, 1.807) is 12.3 Å². The Kier molecular flexibility index (Phi) is 4.33. The molecule has 3 nitrogen and oxygen atoms in total. The molecule has 96 valence electrons. The van der Waals surface area contributed by atoms with Crippen molar-refractivity contribution < 1.29 is 8.78 Å². The van der Waals surface area contributed by atoms with Gasteiger partial charge in [0.2, 0.25) is 0 Å². The second-order valence-electron chi connectivity index (χ2n) is 3.88. The zero-order chi connectivity index (χ0) is 13.0. The Balaban J connectivity index is 2.30. The van der Waals surface area contributed by atoms with Gasteiger partial charge < -0.3 is 5.32 Å². The molecule has 6 heteroatoms. The third-order valence-electron chi connectivity index (χ3n) is 2.54. The maximum absolute atomic E-state index is 13.3. The van der Waals surface area contributed by atoms with Crippen LogP contribution in [-0.2, 0) is 0 Å². The van der Waals surface area contributed by atoms with Gasteiger partial charge in [0.25, 0.3) is 0 Å². The Morgan fingerprint density at radius 3 is 2.78 bits per heavy atom. The number of benzene rings is 1. The van der Waals surface area contributed by atoms with E-state index in [0.29, 0.717) is 5.56 Å². The molecule has 0 aliphatic rings. The molecular weight excluding hydrogens is 256 g/mol. The summed E-state index contributed by atoms with van der Waals surface area (Å²) in [4.78, 5) is 0.884. The normalized spacial score (nSPS) is 12.6. The number of nitrogens with one attached hydrogen (secondary N) is 1. The molecule has 18 heavy (non-hydrogen) atoms. The first-order valence-electron chi connectivity index (χ1n) is 5.68. The predicted molar refractivity (Wildman–Crippen MR) is 66.4 cm³/mol. The number of aromatic nitrogens is 2. The molecule has 1 aromatic heterocycles. The molecule has 0 aliphatic carbocycles. The second kappa shape index (κ2) is 5.97. The van der Waals surface area contributed by atoms with Crippen molar-refractivity contribution in [3.8, 4) is 0 Å². The lowest BCUT2D eigenvalue weighted by Crippen LogP contribution is -2.22. The van der Waals surface area contributed by atoms with Crippen LogP contribution < -0.4 is 5.32 Å². The second-order valence-corrected chi connectivity index (χ2v) is 4.70. The van der Waals surface area contributed by atoms with Gasteiger partial charge in [-0.25, -0.2) is 8.78 Å². The van der Waals surface area contributed by atoms with E-state index >= 15 is 0 Å². The van der Waals surface area contributed by atoms with Gasteiger partial charge in [0.15, 0.2) is 11.6 Å². The topological polar surface area (TPSA) is 37.8 Å². The van der Waals surface area contributed by atoms with Crippen molar-refractivity contribution in [3.63, 3.8) is 0 Å². The fourth-order valence-electron chi connectivity index (χ4n) is 1.67. The summed E-state index contributed by atoms with van der Waals surface area (Å²) in [5, 5.41) is 7.05. The van der Waals surface area contributed by atoms with Gasteiger partial charge in [-0.3, -0.25) is 0 Å². The van der Waals surface area contributed by atoms with E-state index in [1.807, 2.05) is 6.92 Å². The van der Waals surface area contributed by atoms with Crippen molar-refractivity contribution in [1.82, 2.24) is 14.9 Å². The number of halogens is 2. The van der Waals surface area contributed by atoms with Crippen LogP contribution >= 0.6 is 11.5 Å². The maximum atomic E-state index is 13.3. The molecule has 1 atom stereocenters. The van der Waals surface area contributed by atoms with Gasteiger partial charge in [-0.2, -0.15) is 0 Å². The number of hydrogen-bond donors (Lipinski definition) is 1. The summed E-state index contributed by atoms with van der Waals surface area (Å²) in [5.74, 6) is -1.68. The third kappa shape index (κ3) is 2.88. The minimum Gasteiger partial charge on any atom is -0.305 e. The molecular formula is C12H13F2N3S. The lowest BCUT2D eigenvalue weighted by Gasteiger charge is -2.16. The monoisotopic (exact) mass is 269 g/mol. The maximum Gasteiger partial charge on any atom is 0.159 e. The van der Waals surface area contributed by atoms with Crippen LogP contribution in [0.2, 0.25) is 0 Å². The van der Waals surface area contributed by atoms with Crippen LogP contribution in [0.3, 0.4) is 0 Å². The van der Waals surface area contributed by atoms with E-state index in [-0.39, 0.29) is 6.04 Å². The van der Waals surface area contributed by atoms with Gasteiger partial charge in [0, 0.05) is 0 Å². The van der Waals surface area contributed by atoms with Crippen molar-refractivity contribution in [1.29, 1.82) is 0 Å². The summed E-state index contributed by atoms with van der Waals surface area (Å²) in [7, 11) is 0. The van der Waals surface area contributed by atoms with Crippen LogP contribution in [-0.4, -0.2) is 16.1 Å². The molecule has 1 N–H and O–H groups in total. The molecule has 0 bridgehead atoms. The summed E-state index contributed by atoms with van der Waals surface area (Å²) in [6, 6.07) is 3.73. The molecule has 0 spiro atoms. The Labute approximate surface area is 108 Å². The molecule has 0 aliphatic heterocycles. The van der Waals surface area contributed by atoms with E-state index in [1.165, 1.54) is 17.6 Å². The predicted octanol–water partition coefficient (Wildman–Crippen LogP) is 2.91. The van der Waals surface area contributed by atoms with E-state index in [0.717, 1.165) is 23.9 Å². The molecule has 2 aromatic rings. The SMILES string of the molecule is CCCNC(c1ccc(F)c(F)c1)c1cnns1. The zero-order valence-corrected chi connectivity index (χ0v) is 10.7. The largest absolute Gasteiger partial charge is 0.305 e. The smallest absolute Gasteiger partial charge is 0.159 e. The Hall–Kier alpha value is -1.40. The summed E-state index contributed by atoms with van der Waals surface area (Å²) in [5.41, 5.74) is 0.674. The van der Waals surface area contributed by atoms with E-state index in [4.69, 9.17) is 0 Å². The van der Waals surface area contributed by atoms with Crippen LogP contribution in [0, 0.1) is 11.6 Å². The van der Waals surface area contributed by atoms with Crippen molar-refractivity contribution in [2.24, 2.45) is 0 Å². The van der Waals surface area contributed by atoms with Gasteiger partial charge >= 0.3 is 0 Å². The fourth-order valence-corrected chi connectivity index (χ4v) is 2.27. The van der Waals surface area contributed by atoms with Gasteiger partial charge in [0.05, 0.1) is 17.1 Å². The van der Waals surface area contributed by atoms with E-state index < -0.39 is 11.6 Å². The standard InChI is InChI=1S/C12H13F2N3S/c1-2-5-15-12(11-7-16-17-18-11)8-3-4-9(13)10(14)6-8/h3-4,6-7,12,15H,2,5H2,1H3. The molecule has 0 saturated carbocycles. The molecule has 0 amide bonds. The van der Waals surface area contributed by atoms with Crippen LogP contribution in [0.15, 0.2) is 24.4 Å². The highest BCUT2D eigenvalue weighted by atomic mass is 32.1. The number of nitrogens with zero attached hydrogens (tertiary/aromatic N) is 2. The summed E-state index contributed by atoms with van der Waals surface area (Å²) < 4.78 is 30.0. The van der Waals surface area contributed by atoms with Crippen LogP contribution in [0.4, 0.5) is 8.78 Å². The third-order valence-corrected chi connectivity index (χ3v) is 3.27. The summed E-state index contributed by atoms with van der Waals surface area (Å²) in [6.45, 7) is 2.82. The van der Waals surface area contributed by atoms with Crippen molar-refractivity contribution in [3.05, 3.63) is 46.5 Å². The minimum atomic E-state index is -0.840. The molecule has 2 rings (SSSR count). The van der Waals surface area contributed by atoms with Crippen molar-refractivity contribution in [2.45, 2.75) is 19.4 Å². The quantitative estimate of drug-likeness (QED) is 0.907. The highest BCUT2D eigenvalue weighted by molar-refractivity contribution is 7.05. The van der Waals surface area contributed by atoms with Gasteiger partial charge in [-0.1, -0.05) is 17.5 Å². The molecule has 0 fully saturated rings. The number of hydrogen-bond acceptors (Lipinski definition) is 4. The lowest BCUT2D eigenvalue weighted by atomic mass is 10.1. The Bertz CT molecular complexity index is 502. The molecule has 0 saturated heterocycles. The van der Waals surface area contributed by atoms with Crippen LogP contribution in [0.5, 0.6) is 0 Å². The van der Waals surface area contributed by atoms with Crippen molar-refractivity contribution in [2.75, 3.05) is 6.54 Å². The van der Waals surface area contributed by atoms with Gasteiger partial charge in [0.1, 0.15) is 0 Å². The van der Waals surface area contributed by atoms with E-state index in [2.05, 4.69) is 14.9 Å². The Morgan fingerprint density at radius 1 is 1.33 bits per heavy atom. The van der Waals surface area contributed by atoms with Crippen LogP contribution in [0.25, 0.3) is 0 Å². The molecule has 1 heterocycles. The average Bonchev–Trinajstić information content (AvgIpc) is 2.88. The zero-order valence-electron chi connectivity index (χ0n) is 9.86. The van der Waals surface area contributed by atoms with Gasteiger partial charge in [-0.15, -0.1) is 5.10 Å². The van der Waals surface area contributed by atoms with Gasteiger partial charge in [-0.05, 0) is 42.2 Å². The first kappa shape index (κ1) is 13.0. The summed E-state index contributed by atoms with van der Waals surface area (Å²) >= 11 is 1.25. The molecule has 1 aromatic carbocycles. The Morgan fingerprint density at radius 2 is 2.17 bits per heavy atom. The number of rotatable bonds is 5. The van der Waals surface area contributed by atoms with Crippen LogP contribution in [0.1, 0.15) is 29.8 Å². The first-order valence-corrected chi connectivity index (χ1v) is 6.45.